The van der Waals surface area contributed by atoms with Gasteiger partial charge in [0, 0.05) is 33.8 Å². The minimum Gasteiger partial charge on any atom is -0.377 e. The van der Waals surface area contributed by atoms with Crippen molar-refractivity contribution in [1.82, 2.24) is 9.38 Å². The Labute approximate surface area is 167 Å². The summed E-state index contributed by atoms with van der Waals surface area (Å²) in [6.07, 6.45) is 3.82. The van der Waals surface area contributed by atoms with Gasteiger partial charge < -0.3 is 5.32 Å². The highest BCUT2D eigenvalue weighted by Crippen LogP contribution is 2.32. The van der Waals surface area contributed by atoms with Crippen LogP contribution in [-0.4, -0.2) is 9.38 Å². The molecule has 0 spiro atoms. The molecular weight excluding hydrogens is 441 g/mol. The van der Waals surface area contributed by atoms with Crippen molar-refractivity contribution < 1.29 is 0 Å². The molecule has 0 atom stereocenters. The van der Waals surface area contributed by atoms with Crippen LogP contribution in [0, 0.1) is 0 Å². The van der Waals surface area contributed by atoms with Crippen LogP contribution in [0.15, 0.2) is 59.5 Å². The lowest BCUT2D eigenvalue weighted by atomic mass is 10.1. The van der Waals surface area contributed by atoms with Crippen molar-refractivity contribution in [3.8, 4) is 11.1 Å². The van der Waals surface area contributed by atoms with Crippen LogP contribution in [0.3, 0.4) is 0 Å². The largest absolute Gasteiger partial charge is 0.377 e. The molecule has 7 heteroatoms. The second kappa shape index (κ2) is 7.00. The predicted molar refractivity (Wildman–Crippen MR) is 110 cm³/mol. The van der Waals surface area contributed by atoms with E-state index in [1.165, 1.54) is 0 Å². The number of rotatable bonds is 4. The maximum absolute atomic E-state index is 6.38. The molecule has 126 valence electrons. The second-order valence-electron chi connectivity index (χ2n) is 5.46. The molecule has 0 aliphatic rings. The van der Waals surface area contributed by atoms with Crippen molar-refractivity contribution in [2.24, 2.45) is 0 Å². The first-order chi connectivity index (χ1) is 12.1. The Kier molecular flexibility index (Phi) is 4.73. The van der Waals surface area contributed by atoms with Gasteiger partial charge in [-0.25, -0.2) is 4.98 Å². The lowest BCUT2D eigenvalue weighted by Crippen LogP contribution is -2.01. The predicted octanol–water partition coefficient (Wildman–Crippen LogP) is 6.74. The summed E-state index contributed by atoms with van der Waals surface area (Å²) < 4.78 is 3.68. The number of nitrogens with one attached hydrogen (secondary N) is 1. The number of pyridine rings is 1. The topological polar surface area (TPSA) is 29.3 Å². The van der Waals surface area contributed by atoms with Gasteiger partial charge in [0.2, 0.25) is 0 Å². The molecule has 0 unspecified atom stereocenters. The fourth-order valence-electron chi connectivity index (χ4n) is 2.66. The molecule has 0 amide bonds. The molecule has 1 N–H and O–H groups in total. The first kappa shape index (κ1) is 16.9. The number of nitrogens with zero attached hydrogens (tertiary/aromatic N) is 2. The zero-order valence-electron chi connectivity index (χ0n) is 12.8. The maximum atomic E-state index is 6.38. The molecule has 0 radical (unpaired) electrons. The lowest BCUT2D eigenvalue weighted by molar-refractivity contribution is 1.13. The highest BCUT2D eigenvalue weighted by molar-refractivity contribution is 9.10. The molecular formula is C18H12BrCl2N3S. The standard InChI is InChI=1S/C18H12BrCl2N3S/c19-16-9-23-18-15(22-8-12-5-6-17(21)25-12)7-11(10-24(16)18)13-3-1-2-4-14(13)20/h1-7,9-10,22H,8H2. The Morgan fingerprint density at radius 1 is 1.16 bits per heavy atom. The SMILES string of the molecule is Clc1ccc(CNc2cc(-c3ccccc3Cl)cn3c(Br)cnc23)s1. The lowest BCUT2D eigenvalue weighted by Gasteiger charge is -2.12. The highest BCUT2D eigenvalue weighted by Gasteiger charge is 2.12. The molecule has 0 saturated carbocycles. The second-order valence-corrected chi connectivity index (χ2v) is 8.48. The van der Waals surface area contributed by atoms with E-state index in [-0.39, 0.29) is 0 Å². The minimum absolute atomic E-state index is 0.684. The molecule has 3 aromatic heterocycles. The van der Waals surface area contributed by atoms with Crippen LogP contribution < -0.4 is 5.32 Å². The molecule has 0 aliphatic heterocycles. The van der Waals surface area contributed by atoms with Gasteiger partial charge in [0.05, 0.1) is 16.2 Å². The van der Waals surface area contributed by atoms with Gasteiger partial charge >= 0.3 is 0 Å². The van der Waals surface area contributed by atoms with Gasteiger partial charge in [0.25, 0.3) is 0 Å². The third-order valence-electron chi connectivity index (χ3n) is 3.83. The summed E-state index contributed by atoms with van der Waals surface area (Å²) in [7, 11) is 0. The number of thiophene rings is 1. The van der Waals surface area contributed by atoms with Gasteiger partial charge in [-0.3, -0.25) is 4.40 Å². The van der Waals surface area contributed by atoms with Crippen molar-refractivity contribution in [3.63, 3.8) is 0 Å². The Morgan fingerprint density at radius 3 is 2.76 bits per heavy atom. The van der Waals surface area contributed by atoms with E-state index in [1.54, 1.807) is 17.5 Å². The van der Waals surface area contributed by atoms with Crippen LogP contribution in [0.1, 0.15) is 4.88 Å². The van der Waals surface area contributed by atoms with Crippen LogP contribution in [0.2, 0.25) is 9.36 Å². The molecule has 4 aromatic rings. The molecule has 3 heterocycles. The smallest absolute Gasteiger partial charge is 0.161 e. The number of aromatic nitrogens is 2. The zero-order valence-corrected chi connectivity index (χ0v) is 16.8. The van der Waals surface area contributed by atoms with Crippen molar-refractivity contribution in [2.75, 3.05) is 5.32 Å². The molecule has 0 saturated heterocycles. The van der Waals surface area contributed by atoms with E-state index in [0.717, 1.165) is 36.3 Å². The van der Waals surface area contributed by atoms with E-state index in [4.69, 9.17) is 23.2 Å². The summed E-state index contributed by atoms with van der Waals surface area (Å²) in [6.45, 7) is 0.684. The number of hydrogen-bond donors (Lipinski definition) is 1. The number of benzene rings is 1. The summed E-state index contributed by atoms with van der Waals surface area (Å²) in [5, 5.41) is 4.18. The number of imidazole rings is 1. The zero-order chi connectivity index (χ0) is 17.4. The molecule has 25 heavy (non-hydrogen) atoms. The number of halogens is 3. The van der Waals surface area contributed by atoms with E-state index < -0.39 is 0 Å². The van der Waals surface area contributed by atoms with E-state index in [9.17, 15) is 0 Å². The summed E-state index contributed by atoms with van der Waals surface area (Å²) in [6, 6.07) is 13.8. The fourth-order valence-corrected chi connectivity index (χ4v) is 4.31. The Balaban J connectivity index is 1.78. The minimum atomic E-state index is 0.684. The highest BCUT2D eigenvalue weighted by atomic mass is 79.9. The molecule has 1 aromatic carbocycles. The van der Waals surface area contributed by atoms with Gasteiger partial charge in [0.15, 0.2) is 5.65 Å². The van der Waals surface area contributed by atoms with Crippen LogP contribution in [0.5, 0.6) is 0 Å². The van der Waals surface area contributed by atoms with Gasteiger partial charge in [-0.05, 0) is 40.2 Å². The fraction of sp³-hybridized carbons (Fsp3) is 0.0556. The summed E-state index contributed by atoms with van der Waals surface area (Å²) in [4.78, 5) is 5.65. The molecule has 0 aliphatic carbocycles. The molecule has 0 fully saturated rings. The first-order valence-electron chi connectivity index (χ1n) is 7.51. The Hall–Kier alpha value is -1.53. The van der Waals surface area contributed by atoms with Crippen molar-refractivity contribution in [2.45, 2.75) is 6.54 Å². The van der Waals surface area contributed by atoms with Crippen LogP contribution in [0.25, 0.3) is 16.8 Å². The normalized spacial score (nSPS) is 11.2. The summed E-state index contributed by atoms with van der Waals surface area (Å²) >= 11 is 17.5. The van der Waals surface area contributed by atoms with E-state index in [0.29, 0.717) is 11.6 Å². The molecule has 0 bridgehead atoms. The number of hydrogen-bond acceptors (Lipinski definition) is 3. The molecule has 4 rings (SSSR count). The van der Waals surface area contributed by atoms with Crippen LogP contribution >= 0.6 is 50.5 Å². The van der Waals surface area contributed by atoms with E-state index in [1.807, 2.05) is 47.0 Å². The van der Waals surface area contributed by atoms with Gasteiger partial charge in [-0.15, -0.1) is 11.3 Å². The van der Waals surface area contributed by atoms with Crippen molar-refractivity contribution >= 4 is 61.8 Å². The first-order valence-corrected chi connectivity index (χ1v) is 9.88. The van der Waals surface area contributed by atoms with Gasteiger partial charge in [-0.1, -0.05) is 41.4 Å². The van der Waals surface area contributed by atoms with Crippen molar-refractivity contribution in [3.05, 3.63) is 73.7 Å². The average molecular weight is 453 g/mol. The Morgan fingerprint density at radius 2 is 2.00 bits per heavy atom. The van der Waals surface area contributed by atoms with E-state index in [2.05, 4.69) is 32.3 Å². The quantitative estimate of drug-likeness (QED) is 0.371. The monoisotopic (exact) mass is 451 g/mol. The Bertz CT molecular complexity index is 1060. The van der Waals surface area contributed by atoms with E-state index >= 15 is 0 Å². The van der Waals surface area contributed by atoms with Gasteiger partial charge in [0.1, 0.15) is 4.60 Å². The van der Waals surface area contributed by atoms with Crippen molar-refractivity contribution in [1.29, 1.82) is 0 Å². The number of fused-ring (bicyclic) bond motifs is 1. The third-order valence-corrected chi connectivity index (χ3v) is 5.97. The van der Waals surface area contributed by atoms with Gasteiger partial charge in [-0.2, -0.15) is 0 Å². The summed E-state index contributed by atoms with van der Waals surface area (Å²) in [5.41, 5.74) is 3.79. The average Bonchev–Trinajstić information content (AvgIpc) is 3.19. The van der Waals surface area contributed by atoms with Crippen LogP contribution in [-0.2, 0) is 6.54 Å². The summed E-state index contributed by atoms with van der Waals surface area (Å²) in [5.74, 6) is 0. The molecule has 3 nitrogen and oxygen atoms in total. The number of anilines is 1. The van der Waals surface area contributed by atoms with Crippen LogP contribution in [0.4, 0.5) is 5.69 Å². The maximum Gasteiger partial charge on any atom is 0.161 e. The third kappa shape index (κ3) is 3.42.